The van der Waals surface area contributed by atoms with E-state index in [0.717, 1.165) is 19.3 Å². The smallest absolute Gasteiger partial charge is 0.318 e. The zero-order chi connectivity index (χ0) is 20.8. The standard InChI is InChI=1S/C26H29N3OS/c30-26(27-19-11-4-5-12-19)29-17-21-20-13-6-7-15-23(20)31-25(21)28-16-8-14-22(28)24(29)18-9-2-1-3-10-18/h1-3,8-10,14,16,19,24H,4-7,11-13,15,17H2,(H,27,30)/t24-/m1/s1. The van der Waals surface area contributed by atoms with Crippen molar-refractivity contribution in [2.24, 2.45) is 0 Å². The number of carbonyl (C=O) groups excluding carboxylic acids is 1. The lowest BCUT2D eigenvalue weighted by molar-refractivity contribution is 0.176. The van der Waals surface area contributed by atoms with E-state index in [1.807, 2.05) is 11.3 Å². The Morgan fingerprint density at radius 1 is 0.935 bits per heavy atom. The molecule has 5 heteroatoms. The molecule has 4 nitrogen and oxygen atoms in total. The number of aryl methyl sites for hydroxylation is 1. The van der Waals surface area contributed by atoms with Gasteiger partial charge in [0.1, 0.15) is 5.00 Å². The molecular weight excluding hydrogens is 402 g/mol. The molecule has 1 atom stereocenters. The molecule has 2 aliphatic carbocycles. The van der Waals surface area contributed by atoms with Crippen LogP contribution in [0.25, 0.3) is 5.00 Å². The summed E-state index contributed by atoms with van der Waals surface area (Å²) in [4.78, 5) is 17.4. The molecule has 31 heavy (non-hydrogen) atoms. The maximum atomic E-state index is 13.7. The molecule has 3 aliphatic rings. The van der Waals surface area contributed by atoms with Crippen LogP contribution in [0, 0.1) is 0 Å². The summed E-state index contributed by atoms with van der Waals surface area (Å²) < 4.78 is 2.36. The fourth-order valence-corrected chi connectivity index (χ4v) is 7.10. The monoisotopic (exact) mass is 431 g/mol. The first-order chi connectivity index (χ1) is 15.3. The average molecular weight is 432 g/mol. The Balaban J connectivity index is 1.49. The van der Waals surface area contributed by atoms with E-state index in [4.69, 9.17) is 0 Å². The molecule has 0 spiro atoms. The van der Waals surface area contributed by atoms with Crippen molar-refractivity contribution in [3.8, 4) is 5.00 Å². The number of fused-ring (bicyclic) bond motifs is 5. The Morgan fingerprint density at radius 3 is 2.58 bits per heavy atom. The number of amides is 2. The average Bonchev–Trinajstić information content (AvgIpc) is 3.53. The molecule has 160 valence electrons. The Hall–Kier alpha value is -2.53. The van der Waals surface area contributed by atoms with E-state index in [-0.39, 0.29) is 12.1 Å². The number of carbonyl (C=O) groups is 1. The molecule has 1 aliphatic heterocycles. The first-order valence-corrected chi connectivity index (χ1v) is 12.5. The van der Waals surface area contributed by atoms with Gasteiger partial charge in [0.2, 0.25) is 0 Å². The summed E-state index contributed by atoms with van der Waals surface area (Å²) in [5.74, 6) is 0. The minimum Gasteiger partial charge on any atom is -0.335 e. The van der Waals surface area contributed by atoms with Gasteiger partial charge in [-0.15, -0.1) is 11.3 Å². The molecule has 2 aromatic heterocycles. The molecule has 0 unspecified atom stereocenters. The third-order valence-corrected chi connectivity index (χ3v) is 8.57. The van der Waals surface area contributed by atoms with Gasteiger partial charge in [-0.2, -0.15) is 0 Å². The second kappa shape index (κ2) is 7.86. The van der Waals surface area contributed by atoms with Crippen molar-refractivity contribution in [1.82, 2.24) is 14.8 Å². The van der Waals surface area contributed by atoms with E-state index >= 15 is 0 Å². The van der Waals surface area contributed by atoms with E-state index in [9.17, 15) is 4.79 Å². The van der Waals surface area contributed by atoms with E-state index in [1.165, 1.54) is 64.4 Å². The molecule has 6 rings (SSSR count). The van der Waals surface area contributed by atoms with Crippen LogP contribution in [0.5, 0.6) is 0 Å². The Bertz CT molecular complexity index is 1090. The highest BCUT2D eigenvalue weighted by Crippen LogP contribution is 2.44. The lowest BCUT2D eigenvalue weighted by Gasteiger charge is -2.32. The van der Waals surface area contributed by atoms with Crippen LogP contribution in [-0.2, 0) is 19.4 Å². The summed E-state index contributed by atoms with van der Waals surface area (Å²) in [6.07, 6.45) is 11.7. The van der Waals surface area contributed by atoms with Crippen molar-refractivity contribution in [1.29, 1.82) is 0 Å². The van der Waals surface area contributed by atoms with Gasteiger partial charge in [-0.25, -0.2) is 4.79 Å². The maximum Gasteiger partial charge on any atom is 0.318 e. The van der Waals surface area contributed by atoms with Gasteiger partial charge >= 0.3 is 6.03 Å². The van der Waals surface area contributed by atoms with Crippen LogP contribution < -0.4 is 5.32 Å². The van der Waals surface area contributed by atoms with Crippen LogP contribution in [0.1, 0.15) is 71.8 Å². The van der Waals surface area contributed by atoms with Crippen molar-refractivity contribution >= 4 is 17.4 Å². The van der Waals surface area contributed by atoms with Crippen LogP contribution in [0.3, 0.4) is 0 Å². The zero-order valence-electron chi connectivity index (χ0n) is 17.8. The largest absolute Gasteiger partial charge is 0.335 e. The lowest BCUT2D eigenvalue weighted by atomic mass is 9.95. The number of hydrogen-bond donors (Lipinski definition) is 1. The van der Waals surface area contributed by atoms with Crippen molar-refractivity contribution in [2.45, 2.75) is 70.0 Å². The molecule has 0 bridgehead atoms. The first kappa shape index (κ1) is 19.2. The number of thiophene rings is 1. The highest BCUT2D eigenvalue weighted by Gasteiger charge is 2.36. The molecule has 2 amide bonds. The molecular formula is C26H29N3OS. The van der Waals surface area contributed by atoms with E-state index in [2.05, 4.69) is 63.4 Å². The Morgan fingerprint density at radius 2 is 1.74 bits per heavy atom. The Labute approximate surface area is 187 Å². The molecule has 3 heterocycles. The summed E-state index contributed by atoms with van der Waals surface area (Å²) in [5.41, 5.74) is 5.24. The van der Waals surface area contributed by atoms with Gasteiger partial charge < -0.3 is 14.8 Å². The van der Waals surface area contributed by atoms with Crippen molar-refractivity contribution in [2.75, 3.05) is 0 Å². The van der Waals surface area contributed by atoms with Crippen LogP contribution in [0.2, 0.25) is 0 Å². The predicted octanol–water partition coefficient (Wildman–Crippen LogP) is 5.97. The predicted molar refractivity (Wildman–Crippen MR) is 125 cm³/mol. The minimum atomic E-state index is -0.0866. The summed E-state index contributed by atoms with van der Waals surface area (Å²) in [6, 6.07) is 15.2. The second-order valence-corrected chi connectivity index (χ2v) is 10.3. The third-order valence-electron chi connectivity index (χ3n) is 7.24. The van der Waals surface area contributed by atoms with E-state index in [0.29, 0.717) is 12.6 Å². The quantitative estimate of drug-likeness (QED) is 0.533. The normalized spacial score (nSPS) is 20.6. The van der Waals surface area contributed by atoms with Gasteiger partial charge in [0.25, 0.3) is 0 Å². The maximum absolute atomic E-state index is 13.7. The van der Waals surface area contributed by atoms with Crippen LogP contribution >= 0.6 is 11.3 Å². The molecule has 1 saturated carbocycles. The molecule has 0 radical (unpaired) electrons. The van der Waals surface area contributed by atoms with Crippen molar-refractivity contribution in [3.05, 3.63) is 75.9 Å². The lowest BCUT2D eigenvalue weighted by Crippen LogP contribution is -2.45. The second-order valence-electron chi connectivity index (χ2n) is 9.17. The van der Waals surface area contributed by atoms with Crippen LogP contribution in [-0.4, -0.2) is 21.5 Å². The summed E-state index contributed by atoms with van der Waals surface area (Å²) >= 11 is 1.95. The molecule has 0 saturated heterocycles. The fraction of sp³-hybridized carbons (Fsp3) is 0.423. The summed E-state index contributed by atoms with van der Waals surface area (Å²) in [5, 5.41) is 4.71. The highest BCUT2D eigenvalue weighted by atomic mass is 32.1. The minimum absolute atomic E-state index is 0.0807. The topological polar surface area (TPSA) is 37.3 Å². The van der Waals surface area contributed by atoms with E-state index in [1.54, 1.807) is 0 Å². The van der Waals surface area contributed by atoms with Crippen molar-refractivity contribution in [3.63, 3.8) is 0 Å². The van der Waals surface area contributed by atoms with Gasteiger partial charge in [-0.3, -0.25) is 0 Å². The number of benzene rings is 1. The first-order valence-electron chi connectivity index (χ1n) is 11.7. The molecule has 3 aromatic rings. The SMILES string of the molecule is O=C(NC1CCCC1)N1Cc2c(sc3c2CCCC3)-n2cccc2[C@H]1c1ccccc1. The van der Waals surface area contributed by atoms with E-state index < -0.39 is 0 Å². The number of urea groups is 1. The number of aromatic nitrogens is 1. The fourth-order valence-electron chi connectivity index (χ4n) is 5.70. The molecule has 1 fully saturated rings. The van der Waals surface area contributed by atoms with Gasteiger partial charge in [0, 0.05) is 22.7 Å². The number of rotatable bonds is 2. The Kier molecular flexibility index (Phi) is 4.87. The highest BCUT2D eigenvalue weighted by molar-refractivity contribution is 7.15. The summed E-state index contributed by atoms with van der Waals surface area (Å²) in [7, 11) is 0. The number of nitrogens with zero attached hydrogens (tertiary/aromatic N) is 2. The van der Waals surface area contributed by atoms with Gasteiger partial charge in [-0.05, 0) is 61.8 Å². The van der Waals surface area contributed by atoms with Gasteiger partial charge in [0.05, 0.1) is 18.3 Å². The number of hydrogen-bond acceptors (Lipinski definition) is 2. The zero-order valence-corrected chi connectivity index (χ0v) is 18.7. The molecule has 1 aromatic carbocycles. The van der Waals surface area contributed by atoms with Gasteiger partial charge in [-0.1, -0.05) is 43.2 Å². The van der Waals surface area contributed by atoms with Gasteiger partial charge in [0.15, 0.2) is 0 Å². The summed E-state index contributed by atoms with van der Waals surface area (Å²) in [6.45, 7) is 0.682. The third kappa shape index (κ3) is 3.30. The van der Waals surface area contributed by atoms with Crippen molar-refractivity contribution < 1.29 is 4.79 Å². The van der Waals surface area contributed by atoms with Crippen LogP contribution in [0.4, 0.5) is 4.79 Å². The number of nitrogens with one attached hydrogen (secondary N) is 1. The molecule has 1 N–H and O–H groups in total. The van der Waals surface area contributed by atoms with Crippen LogP contribution in [0.15, 0.2) is 48.7 Å².